The van der Waals surface area contributed by atoms with Gasteiger partial charge in [-0.3, -0.25) is 4.79 Å². The summed E-state index contributed by atoms with van der Waals surface area (Å²) in [6.07, 6.45) is 6.45. The molecule has 0 unspecified atom stereocenters. The van der Waals surface area contributed by atoms with Crippen LogP contribution in [0.15, 0.2) is 27.1 Å². The molecule has 28 heavy (non-hydrogen) atoms. The van der Waals surface area contributed by atoms with Gasteiger partial charge in [-0.25, -0.2) is 4.98 Å². The van der Waals surface area contributed by atoms with Gasteiger partial charge in [-0.1, -0.05) is 24.4 Å². The summed E-state index contributed by atoms with van der Waals surface area (Å²) >= 11 is 0. The lowest BCUT2D eigenvalue weighted by molar-refractivity contribution is 0.0953. The van der Waals surface area contributed by atoms with Gasteiger partial charge < -0.3 is 19.0 Å². The molecule has 0 radical (unpaired) electrons. The van der Waals surface area contributed by atoms with Crippen LogP contribution in [0.2, 0.25) is 0 Å². The van der Waals surface area contributed by atoms with Crippen molar-refractivity contribution in [2.24, 2.45) is 0 Å². The van der Waals surface area contributed by atoms with Gasteiger partial charge in [-0.15, -0.1) is 0 Å². The summed E-state index contributed by atoms with van der Waals surface area (Å²) in [6, 6.07) is 5.37. The van der Waals surface area contributed by atoms with E-state index in [1.807, 2.05) is 6.07 Å². The number of oxazole rings is 1. The summed E-state index contributed by atoms with van der Waals surface area (Å²) in [5.74, 6) is 1.99. The molecule has 1 N–H and O–H groups in total. The molecule has 4 rings (SSSR count). The number of carbonyl (C=O) groups is 1. The fourth-order valence-corrected chi connectivity index (χ4v) is 3.57. The van der Waals surface area contributed by atoms with Crippen molar-refractivity contribution in [3.63, 3.8) is 0 Å². The number of ether oxygens (including phenoxy) is 1. The first kappa shape index (κ1) is 18.6. The van der Waals surface area contributed by atoms with Crippen LogP contribution in [-0.4, -0.2) is 34.7 Å². The average molecular weight is 384 g/mol. The Hall–Kier alpha value is -2.74. The molecule has 8 nitrogen and oxygen atoms in total. The highest BCUT2D eigenvalue weighted by atomic mass is 16.5. The molecule has 8 heteroatoms. The quantitative estimate of drug-likeness (QED) is 0.666. The third kappa shape index (κ3) is 4.22. The number of benzene rings is 1. The van der Waals surface area contributed by atoms with Crippen molar-refractivity contribution in [1.82, 2.24) is 20.4 Å². The van der Waals surface area contributed by atoms with E-state index in [1.54, 1.807) is 19.2 Å². The van der Waals surface area contributed by atoms with Crippen LogP contribution in [0, 0.1) is 0 Å². The van der Waals surface area contributed by atoms with Crippen LogP contribution in [0.4, 0.5) is 0 Å². The maximum atomic E-state index is 12.4. The van der Waals surface area contributed by atoms with Gasteiger partial charge in [0.05, 0.1) is 0 Å². The third-order valence-electron chi connectivity index (χ3n) is 5.03. The van der Waals surface area contributed by atoms with Gasteiger partial charge in [0.25, 0.3) is 5.91 Å². The number of hydrogen-bond donors (Lipinski definition) is 1. The molecule has 0 saturated heterocycles. The molecule has 3 aromatic rings. The zero-order valence-corrected chi connectivity index (χ0v) is 15.9. The summed E-state index contributed by atoms with van der Waals surface area (Å²) in [7, 11) is 1.57. The number of methoxy groups -OCH3 is 1. The molecule has 1 amide bonds. The molecule has 1 aliphatic carbocycles. The second kappa shape index (κ2) is 8.52. The fourth-order valence-electron chi connectivity index (χ4n) is 3.57. The van der Waals surface area contributed by atoms with Gasteiger partial charge >= 0.3 is 0 Å². The van der Waals surface area contributed by atoms with Crippen molar-refractivity contribution in [3.05, 3.63) is 41.4 Å². The van der Waals surface area contributed by atoms with Crippen molar-refractivity contribution in [2.45, 2.75) is 51.0 Å². The zero-order chi connectivity index (χ0) is 19.3. The molecule has 2 heterocycles. The highest BCUT2D eigenvalue weighted by molar-refractivity contribution is 5.97. The number of carbonyl (C=O) groups excluding carboxylic acids is 1. The van der Waals surface area contributed by atoms with E-state index in [0.717, 1.165) is 24.2 Å². The Morgan fingerprint density at radius 2 is 2.11 bits per heavy atom. The van der Waals surface area contributed by atoms with E-state index in [1.165, 1.54) is 19.3 Å². The third-order valence-corrected chi connectivity index (χ3v) is 5.03. The molecule has 0 bridgehead atoms. The predicted molar refractivity (Wildman–Crippen MR) is 101 cm³/mol. The van der Waals surface area contributed by atoms with E-state index in [0.29, 0.717) is 48.4 Å². The molecular weight excluding hydrogens is 360 g/mol. The highest BCUT2D eigenvalue weighted by Gasteiger charge is 2.21. The summed E-state index contributed by atoms with van der Waals surface area (Å²) in [4.78, 5) is 21.2. The van der Waals surface area contributed by atoms with Gasteiger partial charge in [0.15, 0.2) is 17.3 Å². The van der Waals surface area contributed by atoms with Crippen LogP contribution >= 0.6 is 0 Å². The van der Waals surface area contributed by atoms with Crippen LogP contribution in [-0.2, 0) is 17.8 Å². The topological polar surface area (TPSA) is 103 Å². The molecule has 1 aliphatic rings. The lowest BCUT2D eigenvalue weighted by Crippen LogP contribution is -2.25. The average Bonchev–Trinajstić information content (AvgIpc) is 3.35. The first-order valence-electron chi connectivity index (χ1n) is 9.72. The highest BCUT2D eigenvalue weighted by Crippen LogP contribution is 2.33. The van der Waals surface area contributed by atoms with Crippen molar-refractivity contribution in [2.75, 3.05) is 13.7 Å². The molecule has 0 spiro atoms. The summed E-state index contributed by atoms with van der Waals surface area (Å²) in [5.41, 5.74) is 2.01. The predicted octanol–water partition coefficient (Wildman–Crippen LogP) is 3.38. The largest absolute Gasteiger partial charge is 0.440 e. The Balaban J connectivity index is 1.36. The number of rotatable bonds is 7. The maximum absolute atomic E-state index is 12.4. The van der Waals surface area contributed by atoms with Crippen LogP contribution < -0.4 is 5.32 Å². The van der Waals surface area contributed by atoms with Crippen molar-refractivity contribution in [3.8, 4) is 0 Å². The Labute approximate surface area is 162 Å². The number of fused-ring (bicyclic) bond motifs is 1. The van der Waals surface area contributed by atoms with Crippen LogP contribution in [0.1, 0.15) is 66.0 Å². The van der Waals surface area contributed by atoms with E-state index in [4.69, 9.17) is 13.7 Å². The van der Waals surface area contributed by atoms with E-state index in [-0.39, 0.29) is 5.91 Å². The number of nitrogens with one attached hydrogen (secondary N) is 1. The fraction of sp³-hybridized carbons (Fsp3) is 0.500. The van der Waals surface area contributed by atoms with Crippen molar-refractivity contribution >= 4 is 17.0 Å². The van der Waals surface area contributed by atoms with E-state index < -0.39 is 0 Å². The minimum absolute atomic E-state index is 0.172. The number of aromatic nitrogens is 3. The normalized spacial score (nSPS) is 15.2. The first-order chi connectivity index (χ1) is 13.7. The molecule has 0 aliphatic heterocycles. The molecule has 1 saturated carbocycles. The van der Waals surface area contributed by atoms with Gasteiger partial charge in [0.2, 0.25) is 5.89 Å². The Bertz CT molecular complexity index is 943. The van der Waals surface area contributed by atoms with E-state index in [2.05, 4.69) is 20.4 Å². The second-order valence-corrected chi connectivity index (χ2v) is 7.11. The van der Waals surface area contributed by atoms with E-state index in [9.17, 15) is 4.79 Å². The minimum Gasteiger partial charge on any atom is -0.440 e. The Morgan fingerprint density at radius 1 is 1.25 bits per heavy atom. The Morgan fingerprint density at radius 3 is 2.93 bits per heavy atom. The molecule has 2 aromatic heterocycles. The van der Waals surface area contributed by atoms with Gasteiger partial charge in [-0.2, -0.15) is 4.98 Å². The summed E-state index contributed by atoms with van der Waals surface area (Å²) < 4.78 is 16.0. The SMILES string of the molecule is COCc1noc(CCNC(=O)c2ccc3nc(C4CCCCC4)oc3c2)n1. The standard InChI is InChI=1S/C20H24N4O4/c1-26-12-17-23-18(28-24-17)9-10-21-19(25)14-7-8-15-16(11-14)27-20(22-15)13-5-3-2-4-6-13/h7-8,11,13H,2-6,9-10,12H2,1H3,(H,21,25). The molecule has 1 aromatic carbocycles. The van der Waals surface area contributed by atoms with Crippen LogP contribution in [0.5, 0.6) is 0 Å². The first-order valence-corrected chi connectivity index (χ1v) is 9.72. The van der Waals surface area contributed by atoms with Crippen molar-refractivity contribution < 1.29 is 18.5 Å². The number of amides is 1. The van der Waals surface area contributed by atoms with Gasteiger partial charge in [0.1, 0.15) is 12.1 Å². The maximum Gasteiger partial charge on any atom is 0.251 e. The molecule has 1 fully saturated rings. The lowest BCUT2D eigenvalue weighted by atomic mass is 9.89. The summed E-state index contributed by atoms with van der Waals surface area (Å²) in [5, 5.41) is 6.66. The van der Waals surface area contributed by atoms with Crippen LogP contribution in [0.25, 0.3) is 11.1 Å². The van der Waals surface area contributed by atoms with Gasteiger partial charge in [-0.05, 0) is 31.0 Å². The lowest BCUT2D eigenvalue weighted by Gasteiger charge is -2.17. The monoisotopic (exact) mass is 384 g/mol. The zero-order valence-electron chi connectivity index (χ0n) is 15.9. The van der Waals surface area contributed by atoms with E-state index >= 15 is 0 Å². The Kier molecular flexibility index (Phi) is 5.66. The van der Waals surface area contributed by atoms with Crippen molar-refractivity contribution in [1.29, 1.82) is 0 Å². The van der Waals surface area contributed by atoms with Crippen LogP contribution in [0.3, 0.4) is 0 Å². The summed E-state index contributed by atoms with van der Waals surface area (Å²) in [6.45, 7) is 0.700. The molecular formula is C20H24N4O4. The molecule has 148 valence electrons. The smallest absolute Gasteiger partial charge is 0.251 e. The number of nitrogens with zero attached hydrogens (tertiary/aromatic N) is 3. The minimum atomic E-state index is -0.172. The molecule has 0 atom stereocenters. The number of hydrogen-bond acceptors (Lipinski definition) is 7. The second-order valence-electron chi connectivity index (χ2n) is 7.11. The van der Waals surface area contributed by atoms with Gasteiger partial charge in [0, 0.05) is 31.6 Å².